The zero-order chi connectivity index (χ0) is 17.1. The maximum absolute atomic E-state index is 13.4. The topological polar surface area (TPSA) is 62.1 Å². The van der Waals surface area contributed by atoms with Crippen LogP contribution in [-0.4, -0.2) is 6.09 Å². The Balaban J connectivity index is 2.22. The highest BCUT2D eigenvalue weighted by atomic mass is 19.2. The molecule has 0 saturated heterocycles. The fourth-order valence-corrected chi connectivity index (χ4v) is 1.55. The van der Waals surface area contributed by atoms with Crippen LogP contribution in [0.1, 0.15) is 5.56 Å². The van der Waals surface area contributed by atoms with Crippen molar-refractivity contribution in [3.8, 4) is 11.8 Å². The highest BCUT2D eigenvalue weighted by molar-refractivity contribution is 5.86. The minimum atomic E-state index is -2.34. The van der Waals surface area contributed by atoms with Gasteiger partial charge in [0.1, 0.15) is 11.4 Å². The minimum absolute atomic E-state index is 0.106. The van der Waals surface area contributed by atoms with Crippen molar-refractivity contribution in [2.75, 3.05) is 5.32 Å². The average molecular weight is 328 g/mol. The Kier molecular flexibility index (Phi) is 4.45. The highest BCUT2D eigenvalue weighted by Crippen LogP contribution is 2.27. The molecule has 0 heterocycles. The van der Waals surface area contributed by atoms with E-state index in [4.69, 9.17) is 5.26 Å². The largest absolute Gasteiger partial charge is 0.417 e. The van der Waals surface area contributed by atoms with Crippen molar-refractivity contribution in [2.24, 2.45) is 0 Å². The quantitative estimate of drug-likeness (QED) is 0.517. The van der Waals surface area contributed by atoms with Crippen molar-refractivity contribution in [1.82, 2.24) is 0 Å². The molecular formula is C14H5F5N2O2. The van der Waals surface area contributed by atoms with Crippen molar-refractivity contribution < 1.29 is 31.5 Å². The molecule has 0 radical (unpaired) electrons. The van der Waals surface area contributed by atoms with Crippen LogP contribution in [0.4, 0.5) is 32.4 Å². The number of ether oxygens (including phenoxy) is 1. The van der Waals surface area contributed by atoms with E-state index in [1.807, 2.05) is 0 Å². The molecule has 118 valence electrons. The molecule has 0 fully saturated rings. The average Bonchev–Trinajstić information content (AvgIpc) is 2.56. The van der Waals surface area contributed by atoms with Crippen molar-refractivity contribution >= 4 is 11.8 Å². The summed E-state index contributed by atoms with van der Waals surface area (Å²) in [7, 11) is 0. The number of amides is 1. The zero-order valence-electron chi connectivity index (χ0n) is 11.0. The molecule has 2 rings (SSSR count). The molecule has 4 nitrogen and oxygen atoms in total. The molecule has 1 amide bonds. The Bertz CT molecular complexity index is 786. The van der Waals surface area contributed by atoms with Gasteiger partial charge in [-0.15, -0.1) is 0 Å². The maximum atomic E-state index is 13.4. The van der Waals surface area contributed by atoms with E-state index in [1.165, 1.54) is 29.6 Å². The van der Waals surface area contributed by atoms with Gasteiger partial charge in [0.15, 0.2) is 23.3 Å². The van der Waals surface area contributed by atoms with Crippen molar-refractivity contribution in [3.05, 3.63) is 58.9 Å². The Morgan fingerprint density at radius 1 is 0.913 bits per heavy atom. The van der Waals surface area contributed by atoms with Gasteiger partial charge in [0.25, 0.3) is 0 Å². The maximum Gasteiger partial charge on any atom is 0.417 e. The van der Waals surface area contributed by atoms with E-state index < -0.39 is 40.9 Å². The van der Waals surface area contributed by atoms with Crippen molar-refractivity contribution in [2.45, 2.75) is 0 Å². The predicted octanol–water partition coefficient (Wildman–Crippen LogP) is 3.86. The monoisotopic (exact) mass is 328 g/mol. The third kappa shape index (κ3) is 3.21. The second-order valence-corrected chi connectivity index (χ2v) is 4.10. The first-order valence-corrected chi connectivity index (χ1v) is 5.85. The highest BCUT2D eigenvalue weighted by Gasteiger charge is 2.27. The lowest BCUT2D eigenvalue weighted by Crippen LogP contribution is -2.20. The summed E-state index contributed by atoms with van der Waals surface area (Å²) >= 11 is 0. The van der Waals surface area contributed by atoms with Gasteiger partial charge in [-0.2, -0.15) is 5.26 Å². The van der Waals surface area contributed by atoms with Crippen molar-refractivity contribution in [1.29, 1.82) is 5.26 Å². The number of carbonyl (C=O) groups is 1. The summed E-state index contributed by atoms with van der Waals surface area (Å²) in [5, 5.41) is 10.0. The first-order valence-electron chi connectivity index (χ1n) is 5.85. The number of nitrogens with zero attached hydrogens (tertiary/aromatic N) is 1. The Hall–Kier alpha value is -3.15. The van der Waals surface area contributed by atoms with Gasteiger partial charge in [-0.3, -0.25) is 5.32 Å². The third-order valence-corrected chi connectivity index (χ3v) is 2.63. The molecule has 0 spiro atoms. The fourth-order valence-electron chi connectivity index (χ4n) is 1.55. The number of benzene rings is 2. The van der Waals surface area contributed by atoms with Gasteiger partial charge < -0.3 is 4.74 Å². The molecule has 0 saturated carbocycles. The van der Waals surface area contributed by atoms with Crippen LogP contribution in [0.2, 0.25) is 0 Å². The van der Waals surface area contributed by atoms with E-state index in [0.29, 0.717) is 0 Å². The second-order valence-electron chi connectivity index (χ2n) is 4.10. The molecule has 0 aliphatic rings. The van der Waals surface area contributed by atoms with Gasteiger partial charge in [-0.1, -0.05) is 0 Å². The molecule has 0 aromatic heterocycles. The molecule has 0 aliphatic heterocycles. The van der Waals surface area contributed by atoms with E-state index in [9.17, 15) is 26.7 Å². The number of nitriles is 1. The molecule has 2 aromatic carbocycles. The van der Waals surface area contributed by atoms with Crippen LogP contribution in [0.25, 0.3) is 0 Å². The number of hydrogen-bond acceptors (Lipinski definition) is 3. The van der Waals surface area contributed by atoms with E-state index in [1.54, 1.807) is 6.07 Å². The van der Waals surface area contributed by atoms with E-state index in [2.05, 4.69) is 4.74 Å². The Morgan fingerprint density at radius 3 is 1.87 bits per heavy atom. The second kappa shape index (κ2) is 6.31. The normalized spacial score (nSPS) is 10.1. The number of rotatable bonds is 2. The smallest absolute Gasteiger partial charge is 0.410 e. The number of hydrogen-bond donors (Lipinski definition) is 1. The number of nitrogens with one attached hydrogen (secondary N) is 1. The lowest BCUT2D eigenvalue weighted by molar-refractivity contribution is 0.214. The van der Waals surface area contributed by atoms with E-state index in [0.717, 1.165) is 0 Å². The van der Waals surface area contributed by atoms with Gasteiger partial charge >= 0.3 is 6.09 Å². The van der Waals surface area contributed by atoms with Crippen LogP contribution in [0, 0.1) is 40.4 Å². The zero-order valence-corrected chi connectivity index (χ0v) is 11.0. The van der Waals surface area contributed by atoms with Crippen LogP contribution in [0.15, 0.2) is 24.3 Å². The number of halogens is 5. The van der Waals surface area contributed by atoms with Crippen molar-refractivity contribution in [3.63, 3.8) is 0 Å². The standard InChI is InChI=1S/C14H5F5N2O2/c15-8-9(16)11(18)13(12(19)10(8)17)21-14(22)23-7-3-1-6(5-20)2-4-7/h1-4H,(H,21,22). The SMILES string of the molecule is N#Cc1ccc(OC(=O)Nc2c(F)c(F)c(F)c(F)c2F)cc1. The van der Waals surface area contributed by atoms with Gasteiger partial charge in [0, 0.05) is 0 Å². The van der Waals surface area contributed by atoms with Gasteiger partial charge in [0.05, 0.1) is 11.6 Å². The van der Waals surface area contributed by atoms with Gasteiger partial charge in [-0.25, -0.2) is 26.7 Å². The molecule has 2 aromatic rings. The molecule has 1 N–H and O–H groups in total. The summed E-state index contributed by atoms with van der Waals surface area (Å²) in [4.78, 5) is 11.5. The lowest BCUT2D eigenvalue weighted by atomic mass is 10.2. The molecule has 9 heteroatoms. The lowest BCUT2D eigenvalue weighted by Gasteiger charge is -2.10. The summed E-state index contributed by atoms with van der Waals surface area (Å²) in [6.07, 6.45) is -1.47. The van der Waals surface area contributed by atoms with Crippen LogP contribution in [0.3, 0.4) is 0 Å². The summed E-state index contributed by atoms with van der Waals surface area (Å²) < 4.78 is 70.2. The summed E-state index contributed by atoms with van der Waals surface area (Å²) in [5.74, 6) is -11.2. The number of anilines is 1. The van der Waals surface area contributed by atoms with Gasteiger partial charge in [0.2, 0.25) is 5.82 Å². The van der Waals surface area contributed by atoms with Gasteiger partial charge in [-0.05, 0) is 24.3 Å². The van der Waals surface area contributed by atoms with E-state index in [-0.39, 0.29) is 11.3 Å². The third-order valence-electron chi connectivity index (χ3n) is 2.63. The number of carbonyl (C=O) groups excluding carboxylic acids is 1. The molecule has 23 heavy (non-hydrogen) atoms. The summed E-state index contributed by atoms with van der Waals surface area (Å²) in [6, 6.07) is 6.80. The van der Waals surface area contributed by atoms with Crippen LogP contribution >= 0.6 is 0 Å². The van der Waals surface area contributed by atoms with Crippen LogP contribution in [0.5, 0.6) is 5.75 Å². The molecule has 0 aliphatic carbocycles. The van der Waals surface area contributed by atoms with E-state index >= 15 is 0 Å². The first kappa shape index (κ1) is 16.2. The fraction of sp³-hybridized carbons (Fsp3) is 0. The molecular weight excluding hydrogens is 323 g/mol. The van der Waals surface area contributed by atoms with Crippen LogP contribution < -0.4 is 10.1 Å². The summed E-state index contributed by atoms with van der Waals surface area (Å²) in [6.45, 7) is 0. The first-order chi connectivity index (χ1) is 10.8. The molecule has 0 unspecified atom stereocenters. The minimum Gasteiger partial charge on any atom is -0.410 e. The predicted molar refractivity (Wildman–Crippen MR) is 67.0 cm³/mol. The van der Waals surface area contributed by atoms with Crippen LogP contribution in [-0.2, 0) is 0 Å². The molecule has 0 bridgehead atoms. The Morgan fingerprint density at radius 2 is 1.39 bits per heavy atom. The summed E-state index contributed by atoms with van der Waals surface area (Å²) in [5.41, 5.74) is -1.27. The molecule has 0 atom stereocenters. The Labute approximate surface area is 125 Å².